The van der Waals surface area contributed by atoms with E-state index >= 15 is 0 Å². The molecule has 1 fully saturated rings. The van der Waals surface area contributed by atoms with Gasteiger partial charge in [0.15, 0.2) is 0 Å². The minimum Gasteiger partial charge on any atom is -0.490 e. The first-order chi connectivity index (χ1) is 22.6. The highest BCUT2D eigenvalue weighted by Gasteiger charge is 2.31. The fourth-order valence-corrected chi connectivity index (χ4v) is 6.34. The number of nitrogens with one attached hydrogen (secondary N) is 2. The molecule has 1 aliphatic carbocycles. The Morgan fingerprint density at radius 1 is 1.02 bits per heavy atom. The zero-order valence-corrected chi connectivity index (χ0v) is 28.6. The number of aliphatic hydroxyl groups is 1. The second kappa shape index (κ2) is 18.1. The van der Waals surface area contributed by atoms with Gasteiger partial charge in [-0.05, 0) is 69.7 Å². The minimum atomic E-state index is -0.493. The molecule has 1 aliphatic heterocycles. The van der Waals surface area contributed by atoms with Crippen LogP contribution >= 0.6 is 0 Å². The lowest BCUT2D eigenvalue weighted by molar-refractivity contribution is -0.131. The molecule has 0 unspecified atom stereocenters. The Hall–Kier alpha value is -3.63. The molecule has 2 aliphatic rings. The van der Waals surface area contributed by atoms with Crippen molar-refractivity contribution in [2.24, 2.45) is 5.92 Å². The maximum atomic E-state index is 14.4. The Morgan fingerprint density at radius 3 is 2.47 bits per heavy atom. The van der Waals surface area contributed by atoms with E-state index in [1.54, 1.807) is 35.0 Å². The van der Waals surface area contributed by atoms with Crippen LogP contribution in [0.5, 0.6) is 5.75 Å². The standard InChI is InChI=1S/C37H54N4O6/c1-26-23-41(27(2)25-42)36(44)32-22-31(39-37(45)38-30-16-9-6-10-17-30)18-19-33(32)47-28(3)13-11-12-20-46-34(26)24-40(4)35(43)21-29-14-7-5-8-15-29/h5,7-8,14-15,18-19,22,26-28,30,34,42H,6,9-13,16-17,20-21,23-25H2,1-4H3,(H2,38,39,45)/t26-,27-,28+,34+/m0/s1. The number of fused-ring (bicyclic) bond motifs is 1. The van der Waals surface area contributed by atoms with Crippen LogP contribution in [-0.4, -0.2) is 90.4 Å². The number of ether oxygens (including phenoxy) is 2. The molecule has 0 bridgehead atoms. The Morgan fingerprint density at radius 2 is 1.74 bits per heavy atom. The number of rotatable bonds is 8. The summed E-state index contributed by atoms with van der Waals surface area (Å²) in [4.78, 5) is 43.7. The van der Waals surface area contributed by atoms with Gasteiger partial charge in [-0.1, -0.05) is 56.5 Å². The van der Waals surface area contributed by atoms with Crippen molar-refractivity contribution in [3.63, 3.8) is 0 Å². The van der Waals surface area contributed by atoms with Gasteiger partial charge < -0.3 is 35.0 Å². The average Bonchev–Trinajstić information content (AvgIpc) is 3.06. The summed E-state index contributed by atoms with van der Waals surface area (Å²) in [5.74, 6) is -0.0230. The van der Waals surface area contributed by atoms with E-state index in [9.17, 15) is 19.5 Å². The predicted molar refractivity (Wildman–Crippen MR) is 184 cm³/mol. The van der Waals surface area contributed by atoms with Gasteiger partial charge in [-0.15, -0.1) is 0 Å². The maximum Gasteiger partial charge on any atom is 0.319 e. The molecule has 1 heterocycles. The van der Waals surface area contributed by atoms with Crippen LogP contribution in [0.1, 0.15) is 88.1 Å². The summed E-state index contributed by atoms with van der Waals surface area (Å²) in [6.45, 7) is 6.78. The number of carbonyl (C=O) groups is 3. The monoisotopic (exact) mass is 650 g/mol. The van der Waals surface area contributed by atoms with E-state index < -0.39 is 6.04 Å². The summed E-state index contributed by atoms with van der Waals surface area (Å²) in [5.41, 5.74) is 1.77. The third kappa shape index (κ3) is 11.0. The van der Waals surface area contributed by atoms with Crippen LogP contribution in [0.25, 0.3) is 0 Å². The van der Waals surface area contributed by atoms with E-state index in [1.807, 2.05) is 51.1 Å². The van der Waals surface area contributed by atoms with Gasteiger partial charge in [0.1, 0.15) is 5.75 Å². The van der Waals surface area contributed by atoms with Crippen molar-refractivity contribution < 1.29 is 29.0 Å². The molecule has 4 amide bonds. The van der Waals surface area contributed by atoms with Crippen molar-refractivity contribution in [3.8, 4) is 5.75 Å². The van der Waals surface area contributed by atoms with Crippen LogP contribution < -0.4 is 15.4 Å². The average molecular weight is 651 g/mol. The Bertz CT molecular complexity index is 1300. The highest BCUT2D eigenvalue weighted by molar-refractivity contribution is 5.99. The normalized spacial score (nSPS) is 22.3. The van der Waals surface area contributed by atoms with Crippen molar-refractivity contribution in [1.82, 2.24) is 15.1 Å². The van der Waals surface area contributed by atoms with Gasteiger partial charge in [0, 0.05) is 44.4 Å². The highest BCUT2D eigenvalue weighted by atomic mass is 16.5. The largest absolute Gasteiger partial charge is 0.490 e. The number of anilines is 1. The van der Waals surface area contributed by atoms with Crippen LogP contribution in [0.4, 0.5) is 10.5 Å². The molecule has 0 saturated heterocycles. The zero-order chi connectivity index (χ0) is 33.8. The molecule has 0 aromatic heterocycles. The number of hydrogen-bond donors (Lipinski definition) is 3. The van der Waals surface area contributed by atoms with Crippen molar-refractivity contribution >= 4 is 23.5 Å². The SMILES string of the molecule is C[C@@H]1CCCCO[C@H](CN(C)C(=O)Cc2ccccc2)[C@@H](C)CN([C@@H](C)CO)C(=O)c2cc(NC(=O)NC3CCCCC3)ccc2O1. The maximum absolute atomic E-state index is 14.4. The van der Waals surface area contributed by atoms with E-state index in [-0.39, 0.29) is 48.6 Å². The summed E-state index contributed by atoms with van der Waals surface area (Å²) in [6, 6.07) is 14.2. The summed E-state index contributed by atoms with van der Waals surface area (Å²) in [6.07, 6.45) is 7.65. The van der Waals surface area contributed by atoms with Crippen LogP contribution in [0.2, 0.25) is 0 Å². The van der Waals surface area contributed by atoms with Gasteiger partial charge in [-0.2, -0.15) is 0 Å². The summed E-state index contributed by atoms with van der Waals surface area (Å²) in [7, 11) is 1.79. The Balaban J connectivity index is 1.56. The van der Waals surface area contributed by atoms with Crippen LogP contribution in [-0.2, 0) is 16.0 Å². The van der Waals surface area contributed by atoms with E-state index in [2.05, 4.69) is 10.6 Å². The molecule has 1 saturated carbocycles. The van der Waals surface area contributed by atoms with E-state index in [4.69, 9.17) is 9.47 Å². The molecule has 3 N–H and O–H groups in total. The van der Waals surface area contributed by atoms with E-state index in [0.29, 0.717) is 43.1 Å². The molecular weight excluding hydrogens is 596 g/mol. The molecular formula is C37H54N4O6. The summed E-state index contributed by atoms with van der Waals surface area (Å²) >= 11 is 0. The van der Waals surface area contributed by atoms with Crippen molar-refractivity contribution in [2.45, 2.75) is 103 Å². The second-order valence-electron chi connectivity index (χ2n) is 13.4. The summed E-state index contributed by atoms with van der Waals surface area (Å²) < 4.78 is 12.7. The molecule has 4 rings (SSSR count). The molecule has 2 aromatic carbocycles. The lowest BCUT2D eigenvalue weighted by Crippen LogP contribution is -2.48. The lowest BCUT2D eigenvalue weighted by atomic mass is 9.96. The van der Waals surface area contributed by atoms with Crippen molar-refractivity contribution in [2.75, 3.05) is 38.7 Å². The molecule has 0 radical (unpaired) electrons. The van der Waals surface area contributed by atoms with Gasteiger partial charge >= 0.3 is 6.03 Å². The van der Waals surface area contributed by atoms with E-state index in [0.717, 1.165) is 50.5 Å². The van der Waals surface area contributed by atoms with Crippen molar-refractivity contribution in [1.29, 1.82) is 0 Å². The van der Waals surface area contributed by atoms with Crippen LogP contribution in [0.3, 0.4) is 0 Å². The number of hydrogen-bond acceptors (Lipinski definition) is 6. The quantitative estimate of drug-likeness (QED) is 0.340. The molecule has 258 valence electrons. The Labute approximate surface area is 280 Å². The fourth-order valence-electron chi connectivity index (χ4n) is 6.34. The number of urea groups is 1. The van der Waals surface area contributed by atoms with Crippen LogP contribution in [0.15, 0.2) is 48.5 Å². The highest BCUT2D eigenvalue weighted by Crippen LogP contribution is 2.29. The van der Waals surface area contributed by atoms with Gasteiger partial charge in [-0.25, -0.2) is 4.79 Å². The van der Waals surface area contributed by atoms with Crippen LogP contribution in [0, 0.1) is 5.92 Å². The first-order valence-corrected chi connectivity index (χ1v) is 17.3. The number of aliphatic hydroxyl groups excluding tert-OH is 1. The molecule has 2 aromatic rings. The van der Waals surface area contributed by atoms with Gasteiger partial charge in [0.2, 0.25) is 5.91 Å². The molecule has 4 atom stereocenters. The predicted octanol–water partition coefficient (Wildman–Crippen LogP) is 5.64. The van der Waals surface area contributed by atoms with Gasteiger partial charge in [0.25, 0.3) is 5.91 Å². The van der Waals surface area contributed by atoms with E-state index in [1.165, 1.54) is 6.42 Å². The third-order valence-corrected chi connectivity index (χ3v) is 9.33. The summed E-state index contributed by atoms with van der Waals surface area (Å²) in [5, 5.41) is 16.2. The minimum absolute atomic E-state index is 0.00415. The number of carbonyl (C=O) groups excluding carboxylic acids is 3. The number of amides is 4. The third-order valence-electron chi connectivity index (χ3n) is 9.33. The molecule has 0 spiro atoms. The molecule has 47 heavy (non-hydrogen) atoms. The molecule has 10 heteroatoms. The fraction of sp³-hybridized carbons (Fsp3) is 0.595. The smallest absolute Gasteiger partial charge is 0.319 e. The number of likely N-dealkylation sites (N-methyl/N-ethyl adjacent to an activating group) is 1. The number of benzene rings is 2. The topological polar surface area (TPSA) is 120 Å². The lowest BCUT2D eigenvalue weighted by Gasteiger charge is -2.36. The first-order valence-electron chi connectivity index (χ1n) is 17.3. The second-order valence-corrected chi connectivity index (χ2v) is 13.4. The number of nitrogens with zero attached hydrogens (tertiary/aromatic N) is 2. The molecule has 10 nitrogen and oxygen atoms in total. The van der Waals surface area contributed by atoms with Gasteiger partial charge in [-0.3, -0.25) is 9.59 Å². The van der Waals surface area contributed by atoms with Gasteiger partial charge in [0.05, 0.1) is 36.8 Å². The first kappa shape index (κ1) is 36.2. The van der Waals surface area contributed by atoms with Crippen molar-refractivity contribution in [3.05, 3.63) is 59.7 Å². The zero-order valence-electron chi connectivity index (χ0n) is 28.6. The Kier molecular flexibility index (Phi) is 13.9.